The van der Waals surface area contributed by atoms with Crippen LogP contribution >= 0.6 is 27.5 Å². The first-order valence-corrected chi connectivity index (χ1v) is 6.74. The largest absolute Gasteiger partial charge is 0.465 e. The van der Waals surface area contributed by atoms with Crippen LogP contribution in [0.5, 0.6) is 0 Å². The second kappa shape index (κ2) is 6.15. The smallest absolute Gasteiger partial charge is 0.339 e. The Kier molecular flexibility index (Phi) is 4.52. The van der Waals surface area contributed by atoms with Gasteiger partial charge in [-0.05, 0) is 30.3 Å². The lowest BCUT2D eigenvalue weighted by atomic mass is 10.1. The number of nitrogens with zero attached hydrogens (tertiary/aromatic N) is 1. The number of methoxy groups -OCH3 is 1. The number of rotatable bonds is 3. The van der Waals surface area contributed by atoms with E-state index in [9.17, 15) is 9.59 Å². The maximum atomic E-state index is 12.3. The molecule has 2 aromatic rings. The third-order valence-corrected chi connectivity index (χ3v) is 3.43. The van der Waals surface area contributed by atoms with Crippen molar-refractivity contribution in [1.82, 2.24) is 4.98 Å². The molecule has 0 unspecified atom stereocenters. The van der Waals surface area contributed by atoms with Crippen LogP contribution < -0.4 is 0 Å². The molecule has 0 bridgehead atoms. The number of pyridine rings is 1. The molecule has 2 rings (SSSR count). The van der Waals surface area contributed by atoms with Crippen molar-refractivity contribution in [3.8, 4) is 0 Å². The molecular weight excluding hydrogens is 346 g/mol. The Morgan fingerprint density at radius 2 is 1.90 bits per heavy atom. The van der Waals surface area contributed by atoms with Gasteiger partial charge in [-0.2, -0.15) is 0 Å². The van der Waals surface area contributed by atoms with Gasteiger partial charge in [-0.25, -0.2) is 4.79 Å². The number of benzene rings is 1. The number of ketones is 1. The van der Waals surface area contributed by atoms with Gasteiger partial charge in [0.25, 0.3) is 0 Å². The number of hydrogen-bond donors (Lipinski definition) is 0. The third kappa shape index (κ3) is 3.05. The molecule has 6 heteroatoms. The fraction of sp³-hybridized carbons (Fsp3) is 0.0714. The predicted molar refractivity (Wildman–Crippen MR) is 78.2 cm³/mol. The van der Waals surface area contributed by atoms with Gasteiger partial charge in [0.2, 0.25) is 5.78 Å². The molecule has 102 valence electrons. The zero-order valence-corrected chi connectivity index (χ0v) is 12.7. The van der Waals surface area contributed by atoms with Crippen LogP contribution in [-0.2, 0) is 4.74 Å². The Bertz CT molecular complexity index is 671. The Morgan fingerprint density at radius 3 is 2.50 bits per heavy atom. The van der Waals surface area contributed by atoms with Crippen LogP contribution in [0.1, 0.15) is 26.4 Å². The van der Waals surface area contributed by atoms with E-state index >= 15 is 0 Å². The van der Waals surface area contributed by atoms with Gasteiger partial charge in [-0.3, -0.25) is 9.78 Å². The maximum Gasteiger partial charge on any atom is 0.339 e. The van der Waals surface area contributed by atoms with Crippen LogP contribution in [0.15, 0.2) is 41.0 Å². The normalized spacial score (nSPS) is 10.2. The van der Waals surface area contributed by atoms with E-state index in [-0.39, 0.29) is 22.1 Å². The SMILES string of the molecule is COC(=O)c1cc(C(=O)c2ccc(Br)cc2)ncc1Cl. The van der Waals surface area contributed by atoms with Crippen molar-refractivity contribution in [2.24, 2.45) is 0 Å². The molecule has 0 atom stereocenters. The number of carbonyl (C=O) groups excluding carboxylic acids is 2. The fourth-order valence-electron chi connectivity index (χ4n) is 1.58. The van der Waals surface area contributed by atoms with Gasteiger partial charge in [-0.15, -0.1) is 0 Å². The Balaban J connectivity index is 2.40. The van der Waals surface area contributed by atoms with E-state index in [4.69, 9.17) is 11.6 Å². The van der Waals surface area contributed by atoms with Crippen LogP contribution in [0.4, 0.5) is 0 Å². The summed E-state index contributed by atoms with van der Waals surface area (Å²) in [4.78, 5) is 27.8. The first kappa shape index (κ1) is 14.7. The highest BCUT2D eigenvalue weighted by Gasteiger charge is 2.17. The van der Waals surface area contributed by atoms with Gasteiger partial charge in [0.15, 0.2) is 0 Å². The summed E-state index contributed by atoms with van der Waals surface area (Å²) < 4.78 is 5.47. The van der Waals surface area contributed by atoms with Crippen LogP contribution in [0.2, 0.25) is 5.02 Å². The van der Waals surface area contributed by atoms with Crippen molar-refractivity contribution in [2.45, 2.75) is 0 Å². The van der Waals surface area contributed by atoms with Crippen molar-refractivity contribution in [3.05, 3.63) is 62.8 Å². The molecule has 0 amide bonds. The monoisotopic (exact) mass is 353 g/mol. The molecule has 1 heterocycles. The first-order valence-electron chi connectivity index (χ1n) is 5.57. The van der Waals surface area contributed by atoms with E-state index in [1.54, 1.807) is 24.3 Å². The number of halogens is 2. The number of aromatic nitrogens is 1. The summed E-state index contributed by atoms with van der Waals surface area (Å²) >= 11 is 9.16. The van der Waals surface area contributed by atoms with Gasteiger partial charge in [-0.1, -0.05) is 27.5 Å². The Labute approximate surface area is 128 Å². The number of ether oxygens (including phenoxy) is 1. The summed E-state index contributed by atoms with van der Waals surface area (Å²) in [6.45, 7) is 0. The summed E-state index contributed by atoms with van der Waals surface area (Å²) in [7, 11) is 1.25. The van der Waals surface area contributed by atoms with Gasteiger partial charge in [0, 0.05) is 16.2 Å². The summed E-state index contributed by atoms with van der Waals surface area (Å²) in [5, 5.41) is 0.143. The average molecular weight is 355 g/mol. The predicted octanol–water partition coefficient (Wildman–Crippen LogP) is 3.52. The minimum Gasteiger partial charge on any atom is -0.465 e. The van der Waals surface area contributed by atoms with Gasteiger partial charge < -0.3 is 4.74 Å². The lowest BCUT2D eigenvalue weighted by molar-refractivity contribution is 0.0601. The van der Waals surface area contributed by atoms with Crippen LogP contribution in [0, 0.1) is 0 Å². The van der Waals surface area contributed by atoms with Crippen molar-refractivity contribution < 1.29 is 14.3 Å². The Morgan fingerprint density at radius 1 is 1.25 bits per heavy atom. The van der Waals surface area contributed by atoms with Gasteiger partial charge in [0.1, 0.15) is 5.69 Å². The molecule has 0 spiro atoms. The fourth-order valence-corrected chi connectivity index (χ4v) is 2.02. The molecular formula is C14H9BrClNO3. The summed E-state index contributed by atoms with van der Waals surface area (Å²) in [5.74, 6) is -0.901. The molecule has 0 aliphatic carbocycles. The zero-order chi connectivity index (χ0) is 14.7. The number of hydrogen-bond acceptors (Lipinski definition) is 4. The van der Waals surface area contributed by atoms with E-state index in [1.807, 2.05) is 0 Å². The molecule has 0 radical (unpaired) electrons. The van der Waals surface area contributed by atoms with E-state index in [2.05, 4.69) is 25.7 Å². The molecule has 20 heavy (non-hydrogen) atoms. The standard InChI is InChI=1S/C14H9BrClNO3/c1-20-14(19)10-6-12(17-7-11(10)16)13(18)8-2-4-9(15)5-3-8/h2-7H,1H3. The summed E-state index contributed by atoms with van der Waals surface area (Å²) in [5.41, 5.74) is 0.723. The quantitative estimate of drug-likeness (QED) is 0.625. The topological polar surface area (TPSA) is 56.3 Å². The summed E-state index contributed by atoms with van der Waals surface area (Å²) in [6.07, 6.45) is 1.26. The Hall–Kier alpha value is -1.72. The number of esters is 1. The van der Waals surface area contributed by atoms with Crippen molar-refractivity contribution >= 4 is 39.3 Å². The second-order valence-electron chi connectivity index (χ2n) is 3.88. The highest BCUT2D eigenvalue weighted by Crippen LogP contribution is 2.19. The van der Waals surface area contributed by atoms with E-state index in [1.165, 1.54) is 19.4 Å². The molecule has 4 nitrogen and oxygen atoms in total. The van der Waals surface area contributed by atoms with Crippen molar-refractivity contribution in [3.63, 3.8) is 0 Å². The van der Waals surface area contributed by atoms with Gasteiger partial charge in [0.05, 0.1) is 17.7 Å². The molecule has 0 N–H and O–H groups in total. The van der Waals surface area contributed by atoms with Crippen LogP contribution in [0.3, 0.4) is 0 Å². The lowest BCUT2D eigenvalue weighted by Crippen LogP contribution is -2.08. The lowest BCUT2D eigenvalue weighted by Gasteiger charge is -2.05. The molecule has 0 saturated carbocycles. The van der Waals surface area contributed by atoms with Crippen molar-refractivity contribution in [2.75, 3.05) is 7.11 Å². The molecule has 0 aliphatic heterocycles. The molecule has 0 fully saturated rings. The minimum absolute atomic E-state index is 0.115. The maximum absolute atomic E-state index is 12.3. The highest BCUT2D eigenvalue weighted by molar-refractivity contribution is 9.10. The summed E-state index contributed by atoms with van der Waals surface area (Å²) in [6, 6.07) is 8.17. The molecule has 0 aliphatic rings. The average Bonchev–Trinajstić information content (AvgIpc) is 2.47. The minimum atomic E-state index is -0.609. The number of carbonyl (C=O) groups is 2. The molecule has 1 aromatic heterocycles. The second-order valence-corrected chi connectivity index (χ2v) is 5.20. The van der Waals surface area contributed by atoms with Gasteiger partial charge >= 0.3 is 5.97 Å². The van der Waals surface area contributed by atoms with E-state index in [0.717, 1.165) is 4.47 Å². The molecule has 1 aromatic carbocycles. The van der Waals surface area contributed by atoms with Crippen molar-refractivity contribution in [1.29, 1.82) is 0 Å². The van der Waals surface area contributed by atoms with E-state index in [0.29, 0.717) is 5.56 Å². The third-order valence-electron chi connectivity index (χ3n) is 2.60. The highest BCUT2D eigenvalue weighted by atomic mass is 79.9. The first-order chi connectivity index (χ1) is 9.52. The van der Waals surface area contributed by atoms with Crippen LogP contribution in [-0.4, -0.2) is 23.8 Å². The zero-order valence-electron chi connectivity index (χ0n) is 10.4. The molecule has 0 saturated heterocycles. The van der Waals surface area contributed by atoms with E-state index < -0.39 is 5.97 Å². The van der Waals surface area contributed by atoms with Crippen LogP contribution in [0.25, 0.3) is 0 Å².